The third-order valence-electron chi connectivity index (χ3n) is 5.23. The van der Waals surface area contributed by atoms with Crippen molar-refractivity contribution >= 4 is 35.8 Å². The average molecular weight is 518 g/mol. The number of nitrogens with zero attached hydrogens (tertiary/aromatic N) is 2. The first-order valence-electron chi connectivity index (χ1n) is 9.88. The van der Waals surface area contributed by atoms with Crippen LogP contribution in [0.2, 0.25) is 0 Å². The third kappa shape index (κ3) is 7.33. The van der Waals surface area contributed by atoms with E-state index in [-0.39, 0.29) is 35.3 Å². The Balaban J connectivity index is 0.00000420. The molecule has 0 heterocycles. The van der Waals surface area contributed by atoms with Crippen molar-refractivity contribution in [3.63, 3.8) is 0 Å². The van der Waals surface area contributed by atoms with Gasteiger partial charge in [-0.2, -0.15) is 0 Å². The molecule has 0 atom stereocenters. The van der Waals surface area contributed by atoms with E-state index in [0.29, 0.717) is 32.3 Å². The summed E-state index contributed by atoms with van der Waals surface area (Å²) in [7, 11) is 7.05. The van der Waals surface area contributed by atoms with E-state index in [9.17, 15) is 4.79 Å². The number of aliphatic imine (C=N–C) groups is 1. The van der Waals surface area contributed by atoms with Crippen molar-refractivity contribution in [3.05, 3.63) is 29.8 Å². The molecular formula is C21H35IN4O3. The van der Waals surface area contributed by atoms with E-state index in [1.54, 1.807) is 19.1 Å². The largest absolute Gasteiger partial charge is 0.496 e. The van der Waals surface area contributed by atoms with Crippen LogP contribution in [0.4, 0.5) is 0 Å². The van der Waals surface area contributed by atoms with E-state index in [0.717, 1.165) is 37.0 Å². The summed E-state index contributed by atoms with van der Waals surface area (Å²) in [5, 5.41) is 6.58. The van der Waals surface area contributed by atoms with Crippen LogP contribution in [0.5, 0.6) is 5.75 Å². The number of nitrogens with one attached hydrogen (secondary N) is 2. The predicted molar refractivity (Wildman–Crippen MR) is 127 cm³/mol. The van der Waals surface area contributed by atoms with Crippen LogP contribution in [0.15, 0.2) is 29.3 Å². The Kier molecular flexibility index (Phi) is 11.3. The maximum absolute atomic E-state index is 12.6. The van der Waals surface area contributed by atoms with E-state index >= 15 is 0 Å². The predicted octanol–water partition coefficient (Wildman–Crippen LogP) is 2.64. The van der Waals surface area contributed by atoms with Crippen LogP contribution in [0.3, 0.4) is 0 Å². The van der Waals surface area contributed by atoms with Gasteiger partial charge in [0.15, 0.2) is 5.96 Å². The summed E-state index contributed by atoms with van der Waals surface area (Å²) in [6.07, 6.45) is 4.06. The van der Waals surface area contributed by atoms with E-state index in [1.807, 2.05) is 38.4 Å². The minimum Gasteiger partial charge on any atom is -0.496 e. The monoisotopic (exact) mass is 518 g/mol. The molecule has 1 saturated carbocycles. The molecule has 0 aliphatic heterocycles. The molecule has 0 radical (unpaired) electrons. The molecule has 1 aromatic carbocycles. The second-order valence-corrected chi connectivity index (χ2v) is 7.40. The van der Waals surface area contributed by atoms with Gasteiger partial charge in [0.2, 0.25) is 5.91 Å². The third-order valence-corrected chi connectivity index (χ3v) is 5.23. The second-order valence-electron chi connectivity index (χ2n) is 7.40. The Labute approximate surface area is 191 Å². The molecule has 0 unspecified atom stereocenters. The smallest absolute Gasteiger partial charge is 0.230 e. The molecule has 1 aliphatic rings. The number of halogens is 1. The van der Waals surface area contributed by atoms with Gasteiger partial charge in [0.1, 0.15) is 5.75 Å². The van der Waals surface area contributed by atoms with Crippen LogP contribution in [-0.4, -0.2) is 64.7 Å². The van der Waals surface area contributed by atoms with Gasteiger partial charge in [-0.15, -0.1) is 24.0 Å². The number of carbonyl (C=O) groups is 1. The maximum Gasteiger partial charge on any atom is 0.230 e. The number of benzene rings is 1. The topological polar surface area (TPSA) is 75.2 Å². The standard InChI is InChI=1S/C21H34N4O3.HI/c1-22-20(24-16-21(11-7-8-12-21)19(26)25(2)3)23-13-14-28-15-17-9-5-6-10-18(17)27-4;/h5-6,9-10H,7-8,11-16H2,1-4H3,(H2,22,23,24);1H. The fourth-order valence-corrected chi connectivity index (χ4v) is 3.71. The summed E-state index contributed by atoms with van der Waals surface area (Å²) in [4.78, 5) is 18.6. The summed E-state index contributed by atoms with van der Waals surface area (Å²) >= 11 is 0. The van der Waals surface area contributed by atoms with Crippen LogP contribution < -0.4 is 15.4 Å². The van der Waals surface area contributed by atoms with Crippen LogP contribution in [0.1, 0.15) is 31.2 Å². The summed E-state index contributed by atoms with van der Waals surface area (Å²) in [6.45, 7) is 2.27. The average Bonchev–Trinajstić information content (AvgIpc) is 3.19. The van der Waals surface area contributed by atoms with Crippen LogP contribution in [0, 0.1) is 5.41 Å². The Hall–Kier alpha value is -1.55. The van der Waals surface area contributed by atoms with Crippen molar-refractivity contribution in [2.75, 3.05) is 47.9 Å². The molecule has 1 amide bonds. The lowest BCUT2D eigenvalue weighted by molar-refractivity contribution is -0.138. The molecule has 1 aliphatic carbocycles. The molecule has 0 bridgehead atoms. The van der Waals surface area contributed by atoms with Gasteiger partial charge in [-0.1, -0.05) is 31.0 Å². The Morgan fingerprint density at radius 3 is 2.52 bits per heavy atom. The van der Waals surface area contributed by atoms with Gasteiger partial charge in [0, 0.05) is 39.8 Å². The van der Waals surface area contributed by atoms with E-state index in [2.05, 4.69) is 15.6 Å². The van der Waals surface area contributed by atoms with E-state index in [1.165, 1.54) is 0 Å². The maximum atomic E-state index is 12.6. The molecule has 29 heavy (non-hydrogen) atoms. The number of amides is 1. The zero-order chi connectivity index (χ0) is 20.4. The highest BCUT2D eigenvalue weighted by Crippen LogP contribution is 2.38. The minimum absolute atomic E-state index is 0. The molecule has 7 nitrogen and oxygen atoms in total. The van der Waals surface area contributed by atoms with Gasteiger partial charge in [-0.05, 0) is 18.9 Å². The van der Waals surface area contributed by atoms with Gasteiger partial charge >= 0.3 is 0 Å². The highest BCUT2D eigenvalue weighted by molar-refractivity contribution is 14.0. The fourth-order valence-electron chi connectivity index (χ4n) is 3.71. The first kappa shape index (κ1) is 25.5. The van der Waals surface area contributed by atoms with Crippen LogP contribution in [0.25, 0.3) is 0 Å². The summed E-state index contributed by atoms with van der Waals surface area (Å²) in [5.41, 5.74) is 0.708. The van der Waals surface area contributed by atoms with E-state index in [4.69, 9.17) is 9.47 Å². The highest BCUT2D eigenvalue weighted by atomic mass is 127. The number of carbonyl (C=O) groups excluding carboxylic acids is 1. The molecule has 8 heteroatoms. The van der Waals surface area contributed by atoms with Crippen molar-refractivity contribution in [1.29, 1.82) is 0 Å². The van der Waals surface area contributed by atoms with Gasteiger partial charge in [0.25, 0.3) is 0 Å². The molecule has 164 valence electrons. The number of hydrogen-bond donors (Lipinski definition) is 2. The quantitative estimate of drug-likeness (QED) is 0.228. The van der Waals surface area contributed by atoms with Gasteiger partial charge in [0.05, 0.1) is 25.7 Å². The van der Waals surface area contributed by atoms with E-state index < -0.39 is 0 Å². The number of hydrogen-bond acceptors (Lipinski definition) is 4. The normalized spacial score (nSPS) is 15.4. The number of rotatable bonds is 9. The SMILES string of the molecule is CN=C(NCCOCc1ccccc1OC)NCC1(C(=O)N(C)C)CCCC1.I. The molecule has 2 N–H and O–H groups in total. The summed E-state index contributed by atoms with van der Waals surface area (Å²) in [5.74, 6) is 1.73. The lowest BCUT2D eigenvalue weighted by atomic mass is 9.84. The van der Waals surface area contributed by atoms with Crippen molar-refractivity contribution < 1.29 is 14.3 Å². The van der Waals surface area contributed by atoms with Crippen molar-refractivity contribution in [2.45, 2.75) is 32.3 Å². The number of methoxy groups -OCH3 is 1. The number of para-hydroxylation sites is 1. The van der Waals surface area contributed by atoms with Gasteiger partial charge in [-0.3, -0.25) is 9.79 Å². The Morgan fingerprint density at radius 2 is 1.90 bits per heavy atom. The minimum atomic E-state index is -0.318. The molecule has 2 rings (SSSR count). The number of ether oxygens (including phenoxy) is 2. The highest BCUT2D eigenvalue weighted by Gasteiger charge is 2.42. The lowest BCUT2D eigenvalue weighted by Gasteiger charge is -2.31. The summed E-state index contributed by atoms with van der Waals surface area (Å²) in [6, 6.07) is 7.84. The zero-order valence-electron chi connectivity index (χ0n) is 18.0. The fraction of sp³-hybridized carbons (Fsp3) is 0.619. The second kappa shape index (κ2) is 12.9. The van der Waals surface area contributed by atoms with Crippen molar-refractivity contribution in [3.8, 4) is 5.75 Å². The number of guanidine groups is 1. The Morgan fingerprint density at radius 1 is 1.21 bits per heavy atom. The van der Waals surface area contributed by atoms with Crippen molar-refractivity contribution in [2.24, 2.45) is 10.4 Å². The molecule has 1 fully saturated rings. The van der Waals surface area contributed by atoms with Gasteiger partial charge in [-0.25, -0.2) is 0 Å². The molecule has 0 aromatic heterocycles. The first-order valence-corrected chi connectivity index (χ1v) is 9.88. The molecular weight excluding hydrogens is 483 g/mol. The van der Waals surface area contributed by atoms with Crippen molar-refractivity contribution in [1.82, 2.24) is 15.5 Å². The molecule has 1 aromatic rings. The molecule has 0 saturated heterocycles. The lowest BCUT2D eigenvalue weighted by Crippen LogP contribution is -2.49. The van der Waals surface area contributed by atoms with Gasteiger partial charge < -0.3 is 25.0 Å². The summed E-state index contributed by atoms with van der Waals surface area (Å²) < 4.78 is 11.1. The zero-order valence-corrected chi connectivity index (χ0v) is 20.3. The molecule has 0 spiro atoms. The first-order chi connectivity index (χ1) is 13.5. The van der Waals surface area contributed by atoms with Crippen LogP contribution >= 0.6 is 24.0 Å². The van der Waals surface area contributed by atoms with Crippen LogP contribution in [-0.2, 0) is 16.1 Å². The Bertz CT molecular complexity index is 661.